The van der Waals surface area contributed by atoms with E-state index in [1.807, 2.05) is 0 Å². The lowest BCUT2D eigenvalue weighted by molar-refractivity contribution is 0.0727. The van der Waals surface area contributed by atoms with Crippen LogP contribution in [0.2, 0.25) is 20.1 Å². The molecular formula is C17H13Cl4NO5S. The van der Waals surface area contributed by atoms with Crippen LogP contribution in [0.3, 0.4) is 0 Å². The van der Waals surface area contributed by atoms with Gasteiger partial charge in [0.25, 0.3) is 0 Å². The zero-order valence-corrected chi connectivity index (χ0v) is 18.0. The van der Waals surface area contributed by atoms with Crippen LogP contribution in [0.4, 0.5) is 0 Å². The van der Waals surface area contributed by atoms with Gasteiger partial charge in [-0.2, -0.15) is 4.31 Å². The number of ether oxygens (including phenoxy) is 2. The fourth-order valence-electron chi connectivity index (χ4n) is 2.53. The Bertz CT molecular complexity index is 999. The number of morpholine rings is 1. The molecule has 2 aromatic rings. The molecule has 28 heavy (non-hydrogen) atoms. The molecule has 0 N–H and O–H groups in total. The Morgan fingerprint density at radius 1 is 0.964 bits per heavy atom. The largest absolute Gasteiger partial charge is 0.420 e. The first-order valence-electron chi connectivity index (χ1n) is 7.94. The van der Waals surface area contributed by atoms with E-state index >= 15 is 0 Å². The minimum atomic E-state index is -3.81. The molecule has 0 amide bonds. The van der Waals surface area contributed by atoms with Gasteiger partial charge in [0, 0.05) is 18.1 Å². The summed E-state index contributed by atoms with van der Waals surface area (Å²) in [5.74, 6) is -1.01. The molecule has 1 fully saturated rings. The summed E-state index contributed by atoms with van der Waals surface area (Å²) in [7, 11) is -3.81. The van der Waals surface area contributed by atoms with Crippen LogP contribution in [-0.2, 0) is 14.8 Å². The van der Waals surface area contributed by atoms with Crippen LogP contribution < -0.4 is 4.74 Å². The summed E-state index contributed by atoms with van der Waals surface area (Å²) in [5, 5.41) is 0.344. The number of halogens is 4. The molecule has 1 aliphatic heterocycles. The summed E-state index contributed by atoms with van der Waals surface area (Å²) in [6.45, 7) is 1.05. The minimum absolute atomic E-state index is 0.0205. The Morgan fingerprint density at radius 2 is 1.57 bits per heavy atom. The molecule has 11 heteroatoms. The molecule has 0 aliphatic carbocycles. The van der Waals surface area contributed by atoms with E-state index in [4.69, 9.17) is 55.9 Å². The predicted octanol–water partition coefficient (Wildman–Crippen LogP) is 4.54. The Balaban J connectivity index is 1.92. The fraction of sp³-hybridized carbons (Fsp3) is 0.235. The first-order chi connectivity index (χ1) is 13.2. The highest BCUT2D eigenvalue weighted by Gasteiger charge is 2.28. The van der Waals surface area contributed by atoms with Crippen molar-refractivity contribution in [1.29, 1.82) is 0 Å². The SMILES string of the molecule is O=C(Oc1c(Cl)cc(Cl)cc1Cl)c1cc(S(=O)(=O)N2CCOCC2)ccc1Cl. The lowest BCUT2D eigenvalue weighted by Crippen LogP contribution is -2.40. The molecule has 6 nitrogen and oxygen atoms in total. The molecule has 150 valence electrons. The van der Waals surface area contributed by atoms with Crippen molar-refractivity contribution in [3.8, 4) is 5.75 Å². The maximum absolute atomic E-state index is 12.8. The number of hydrogen-bond donors (Lipinski definition) is 0. The van der Waals surface area contributed by atoms with E-state index in [2.05, 4.69) is 0 Å². The second-order valence-corrected chi connectivity index (χ2v) is 9.34. The van der Waals surface area contributed by atoms with E-state index in [1.165, 1.54) is 28.6 Å². The van der Waals surface area contributed by atoms with Crippen molar-refractivity contribution in [3.63, 3.8) is 0 Å². The monoisotopic (exact) mass is 483 g/mol. The topological polar surface area (TPSA) is 72.9 Å². The van der Waals surface area contributed by atoms with E-state index in [-0.39, 0.29) is 49.4 Å². The van der Waals surface area contributed by atoms with Gasteiger partial charge in [0.1, 0.15) is 0 Å². The number of rotatable bonds is 4. The van der Waals surface area contributed by atoms with Crippen LogP contribution in [0.15, 0.2) is 35.2 Å². The van der Waals surface area contributed by atoms with Crippen molar-refractivity contribution in [1.82, 2.24) is 4.31 Å². The molecule has 0 unspecified atom stereocenters. The van der Waals surface area contributed by atoms with Crippen LogP contribution in [0.5, 0.6) is 5.75 Å². The lowest BCUT2D eigenvalue weighted by Gasteiger charge is -2.26. The number of nitrogens with zero attached hydrogens (tertiary/aromatic N) is 1. The number of carbonyl (C=O) groups excluding carboxylic acids is 1. The Kier molecular flexibility index (Phi) is 6.76. The molecule has 1 saturated heterocycles. The van der Waals surface area contributed by atoms with Crippen molar-refractivity contribution < 1.29 is 22.7 Å². The third-order valence-electron chi connectivity index (χ3n) is 3.92. The summed E-state index contributed by atoms with van der Waals surface area (Å²) in [4.78, 5) is 12.5. The van der Waals surface area contributed by atoms with Crippen LogP contribution in [0.1, 0.15) is 10.4 Å². The molecule has 0 spiro atoms. The smallest absolute Gasteiger partial charge is 0.345 e. The quantitative estimate of drug-likeness (QED) is 0.470. The van der Waals surface area contributed by atoms with E-state index in [1.54, 1.807) is 0 Å². The average molecular weight is 485 g/mol. The van der Waals surface area contributed by atoms with Crippen LogP contribution in [0, 0.1) is 0 Å². The van der Waals surface area contributed by atoms with Gasteiger partial charge < -0.3 is 9.47 Å². The summed E-state index contributed by atoms with van der Waals surface area (Å²) in [5.41, 5.74) is -0.141. The number of esters is 1. The Labute approximate surface area is 181 Å². The van der Waals surface area contributed by atoms with Gasteiger partial charge in [-0.05, 0) is 30.3 Å². The summed E-state index contributed by atoms with van der Waals surface area (Å²) in [6.07, 6.45) is 0. The first-order valence-corrected chi connectivity index (χ1v) is 10.9. The van der Waals surface area contributed by atoms with Crippen molar-refractivity contribution in [2.75, 3.05) is 26.3 Å². The summed E-state index contributed by atoms with van der Waals surface area (Å²) < 4.78 is 37.3. The van der Waals surface area contributed by atoms with Crippen molar-refractivity contribution in [3.05, 3.63) is 56.0 Å². The molecule has 0 saturated carbocycles. The normalized spacial score (nSPS) is 15.4. The van der Waals surface area contributed by atoms with Crippen molar-refractivity contribution in [2.24, 2.45) is 0 Å². The summed E-state index contributed by atoms with van der Waals surface area (Å²) in [6, 6.07) is 6.52. The van der Waals surface area contributed by atoms with Crippen LogP contribution >= 0.6 is 46.4 Å². The average Bonchev–Trinajstić information content (AvgIpc) is 2.65. The summed E-state index contributed by atoms with van der Waals surface area (Å²) >= 11 is 24.0. The zero-order chi connectivity index (χ0) is 20.5. The number of benzene rings is 2. The van der Waals surface area contributed by atoms with E-state index in [0.717, 1.165) is 6.07 Å². The van der Waals surface area contributed by atoms with Gasteiger partial charge in [0.05, 0.1) is 38.7 Å². The molecule has 0 radical (unpaired) electrons. The van der Waals surface area contributed by atoms with Gasteiger partial charge in [-0.25, -0.2) is 13.2 Å². The molecular weight excluding hydrogens is 472 g/mol. The number of sulfonamides is 1. The number of carbonyl (C=O) groups is 1. The van der Waals surface area contributed by atoms with Gasteiger partial charge in [-0.1, -0.05) is 46.4 Å². The highest BCUT2D eigenvalue weighted by Crippen LogP contribution is 2.36. The lowest BCUT2D eigenvalue weighted by atomic mass is 10.2. The third kappa shape index (κ3) is 4.57. The highest BCUT2D eigenvalue weighted by molar-refractivity contribution is 7.89. The maximum Gasteiger partial charge on any atom is 0.345 e. The Morgan fingerprint density at radius 3 is 2.18 bits per heavy atom. The van der Waals surface area contributed by atoms with Gasteiger partial charge in [0.2, 0.25) is 10.0 Å². The second kappa shape index (κ2) is 8.75. The van der Waals surface area contributed by atoms with Gasteiger partial charge >= 0.3 is 5.97 Å². The van der Waals surface area contributed by atoms with Crippen molar-refractivity contribution >= 4 is 62.4 Å². The maximum atomic E-state index is 12.8. The molecule has 0 atom stereocenters. The van der Waals surface area contributed by atoms with Crippen molar-refractivity contribution in [2.45, 2.75) is 4.90 Å². The first kappa shape index (κ1) is 21.6. The second-order valence-electron chi connectivity index (χ2n) is 5.75. The molecule has 1 heterocycles. The fourth-order valence-corrected chi connectivity index (χ4v) is 5.05. The van der Waals surface area contributed by atoms with Gasteiger partial charge in [-0.3, -0.25) is 0 Å². The standard InChI is InChI=1S/C17H13Cl4NO5S/c18-10-7-14(20)16(15(21)8-10)27-17(23)12-9-11(1-2-13(12)19)28(24,25)22-3-5-26-6-4-22/h1-2,7-9H,3-6H2. The molecule has 1 aliphatic rings. The van der Waals surface area contributed by atoms with E-state index in [0.29, 0.717) is 13.2 Å². The molecule has 0 bridgehead atoms. The number of hydrogen-bond acceptors (Lipinski definition) is 5. The van der Waals surface area contributed by atoms with Crippen LogP contribution in [-0.4, -0.2) is 45.0 Å². The van der Waals surface area contributed by atoms with E-state index in [9.17, 15) is 13.2 Å². The predicted molar refractivity (Wildman–Crippen MR) is 107 cm³/mol. The highest BCUT2D eigenvalue weighted by atomic mass is 35.5. The molecule has 3 rings (SSSR count). The molecule has 2 aromatic carbocycles. The Hall–Kier alpha value is -1.06. The molecule has 0 aromatic heterocycles. The third-order valence-corrected chi connectivity index (χ3v) is 6.93. The van der Waals surface area contributed by atoms with E-state index < -0.39 is 16.0 Å². The minimum Gasteiger partial charge on any atom is -0.420 e. The zero-order valence-electron chi connectivity index (χ0n) is 14.1. The van der Waals surface area contributed by atoms with Gasteiger partial charge in [-0.15, -0.1) is 0 Å². The van der Waals surface area contributed by atoms with Crippen LogP contribution in [0.25, 0.3) is 0 Å². The van der Waals surface area contributed by atoms with Gasteiger partial charge in [0.15, 0.2) is 5.75 Å².